The molecule has 1 aromatic heterocycles. The van der Waals surface area contributed by atoms with Crippen molar-refractivity contribution < 1.29 is 14.3 Å². The molecule has 7 nitrogen and oxygen atoms in total. The van der Waals surface area contributed by atoms with Crippen molar-refractivity contribution in [2.45, 2.75) is 17.3 Å². The van der Waals surface area contributed by atoms with Gasteiger partial charge in [-0.05, 0) is 67.6 Å². The first-order chi connectivity index (χ1) is 16.6. The minimum absolute atomic E-state index is 0.134. The number of ether oxygens (including phenoxy) is 2. The lowest BCUT2D eigenvalue weighted by Crippen LogP contribution is -2.22. The highest BCUT2D eigenvalue weighted by Crippen LogP contribution is 2.32. The van der Waals surface area contributed by atoms with Gasteiger partial charge in [0.25, 0.3) is 0 Å². The van der Waals surface area contributed by atoms with Crippen molar-refractivity contribution >= 4 is 23.4 Å². The van der Waals surface area contributed by atoms with Gasteiger partial charge in [0.1, 0.15) is 22.9 Å². The topological polar surface area (TPSA) is 86.2 Å². The fraction of sp³-hybridized carbons (Fsp3) is 0.154. The molecule has 0 saturated heterocycles. The van der Waals surface area contributed by atoms with Crippen molar-refractivity contribution in [3.63, 3.8) is 0 Å². The largest absolute Gasteiger partial charge is 0.497 e. The first-order valence-corrected chi connectivity index (χ1v) is 11.5. The molecule has 1 atom stereocenters. The first-order valence-electron chi connectivity index (χ1n) is 10.6. The number of para-hydroxylation sites is 1. The van der Waals surface area contributed by atoms with Gasteiger partial charge in [-0.2, -0.15) is 0 Å². The quantitative estimate of drug-likeness (QED) is 0.346. The van der Waals surface area contributed by atoms with Crippen molar-refractivity contribution in [1.29, 1.82) is 0 Å². The molecule has 0 fully saturated rings. The van der Waals surface area contributed by atoms with E-state index in [9.17, 15) is 4.79 Å². The van der Waals surface area contributed by atoms with E-state index in [0.29, 0.717) is 16.5 Å². The van der Waals surface area contributed by atoms with E-state index in [4.69, 9.17) is 14.5 Å². The zero-order valence-electron chi connectivity index (χ0n) is 19.1. The highest BCUT2D eigenvalue weighted by atomic mass is 32.2. The van der Waals surface area contributed by atoms with Gasteiger partial charge in [0.05, 0.1) is 19.5 Å². The van der Waals surface area contributed by atoms with Crippen LogP contribution in [0.2, 0.25) is 0 Å². The Morgan fingerprint density at radius 2 is 1.35 bits per heavy atom. The number of rotatable bonds is 8. The third-order valence-electron chi connectivity index (χ3n) is 5.09. The second kappa shape index (κ2) is 10.8. The number of nitrogens with one attached hydrogen (secondary N) is 1. The molecule has 0 bridgehead atoms. The minimum atomic E-state index is -0.419. The SMILES string of the molecule is COc1ccc(-c2nnc(SC(C)C(=O)Nc3ccccc3)nc2-c2ccc(OC)cc2)cc1. The number of thioether (sulfide) groups is 1. The zero-order valence-corrected chi connectivity index (χ0v) is 19.9. The number of hydrogen-bond donors (Lipinski definition) is 1. The number of methoxy groups -OCH3 is 2. The Hall–Kier alpha value is -3.91. The summed E-state index contributed by atoms with van der Waals surface area (Å²) in [5.41, 5.74) is 3.77. The number of aromatic nitrogens is 3. The second-order valence-electron chi connectivity index (χ2n) is 7.36. The molecule has 0 saturated carbocycles. The molecule has 0 radical (unpaired) electrons. The minimum Gasteiger partial charge on any atom is -0.497 e. The normalized spacial score (nSPS) is 11.5. The van der Waals surface area contributed by atoms with Crippen molar-refractivity contribution in [2.24, 2.45) is 0 Å². The van der Waals surface area contributed by atoms with Crippen LogP contribution in [0.15, 0.2) is 84.0 Å². The Kier molecular flexibility index (Phi) is 7.39. The first kappa shape index (κ1) is 23.3. The van der Waals surface area contributed by atoms with E-state index in [0.717, 1.165) is 28.3 Å². The number of benzene rings is 3. The monoisotopic (exact) mass is 472 g/mol. The lowest BCUT2D eigenvalue weighted by Gasteiger charge is -2.13. The highest BCUT2D eigenvalue weighted by molar-refractivity contribution is 8.00. The molecule has 34 heavy (non-hydrogen) atoms. The summed E-state index contributed by atoms with van der Waals surface area (Å²) in [4.78, 5) is 17.4. The summed E-state index contributed by atoms with van der Waals surface area (Å²) >= 11 is 1.26. The molecule has 4 aromatic rings. The summed E-state index contributed by atoms with van der Waals surface area (Å²) < 4.78 is 10.6. The van der Waals surface area contributed by atoms with Gasteiger partial charge in [0.2, 0.25) is 11.1 Å². The van der Waals surface area contributed by atoms with Crippen LogP contribution in [0.3, 0.4) is 0 Å². The third kappa shape index (κ3) is 5.52. The van der Waals surface area contributed by atoms with Crippen LogP contribution in [0.1, 0.15) is 6.92 Å². The summed E-state index contributed by atoms with van der Waals surface area (Å²) in [5, 5.41) is 11.7. The Morgan fingerprint density at radius 3 is 1.91 bits per heavy atom. The average Bonchev–Trinajstić information content (AvgIpc) is 2.89. The summed E-state index contributed by atoms with van der Waals surface area (Å²) in [6, 6.07) is 24.5. The van der Waals surface area contributed by atoms with Crippen LogP contribution in [0.25, 0.3) is 22.5 Å². The van der Waals surface area contributed by atoms with E-state index < -0.39 is 5.25 Å². The second-order valence-corrected chi connectivity index (χ2v) is 8.67. The maximum atomic E-state index is 12.7. The van der Waals surface area contributed by atoms with Crippen LogP contribution >= 0.6 is 11.8 Å². The molecule has 0 aliphatic rings. The summed E-state index contributed by atoms with van der Waals surface area (Å²) in [7, 11) is 3.25. The lowest BCUT2D eigenvalue weighted by molar-refractivity contribution is -0.115. The standard InChI is InChI=1S/C26H24N4O3S/c1-17(25(31)27-20-7-5-4-6-8-20)34-26-28-23(18-9-13-21(32-2)14-10-18)24(29-30-26)19-11-15-22(33-3)16-12-19/h4-17H,1-3H3,(H,27,31). The van der Waals surface area contributed by atoms with Gasteiger partial charge >= 0.3 is 0 Å². The fourth-order valence-corrected chi connectivity index (χ4v) is 3.95. The van der Waals surface area contributed by atoms with Crippen LogP contribution < -0.4 is 14.8 Å². The molecule has 8 heteroatoms. The van der Waals surface area contributed by atoms with E-state index in [2.05, 4.69) is 15.5 Å². The van der Waals surface area contributed by atoms with Crippen LogP contribution in [-0.4, -0.2) is 40.6 Å². The molecule has 1 N–H and O–H groups in total. The number of anilines is 1. The van der Waals surface area contributed by atoms with E-state index in [1.807, 2.05) is 85.8 Å². The molecular formula is C26H24N4O3S. The van der Waals surface area contributed by atoms with Gasteiger partial charge in [-0.15, -0.1) is 10.2 Å². The van der Waals surface area contributed by atoms with Crippen molar-refractivity contribution in [2.75, 3.05) is 19.5 Å². The van der Waals surface area contributed by atoms with E-state index in [-0.39, 0.29) is 5.91 Å². The van der Waals surface area contributed by atoms with Crippen LogP contribution in [-0.2, 0) is 4.79 Å². The smallest absolute Gasteiger partial charge is 0.237 e. The van der Waals surface area contributed by atoms with Crippen molar-refractivity contribution in [3.05, 3.63) is 78.9 Å². The Bertz CT molecular complexity index is 1250. The summed E-state index contributed by atoms with van der Waals surface area (Å²) in [6.45, 7) is 1.82. The third-order valence-corrected chi connectivity index (χ3v) is 6.04. The maximum Gasteiger partial charge on any atom is 0.237 e. The Labute approximate surface area is 202 Å². The van der Waals surface area contributed by atoms with E-state index in [1.165, 1.54) is 11.8 Å². The highest BCUT2D eigenvalue weighted by Gasteiger charge is 2.19. The van der Waals surface area contributed by atoms with E-state index in [1.54, 1.807) is 14.2 Å². The molecule has 0 aliphatic heterocycles. The van der Waals surface area contributed by atoms with Gasteiger partial charge < -0.3 is 14.8 Å². The zero-order chi connectivity index (χ0) is 23.9. The molecule has 1 unspecified atom stereocenters. The van der Waals surface area contributed by atoms with Gasteiger partial charge in [0, 0.05) is 16.8 Å². The van der Waals surface area contributed by atoms with Gasteiger partial charge in [-0.25, -0.2) is 4.98 Å². The average molecular weight is 473 g/mol. The van der Waals surface area contributed by atoms with Gasteiger partial charge in [-0.1, -0.05) is 30.0 Å². The predicted octanol–water partition coefficient (Wildman–Crippen LogP) is 5.34. The molecule has 1 amide bonds. The molecule has 3 aromatic carbocycles. The number of carbonyl (C=O) groups excluding carboxylic acids is 1. The van der Waals surface area contributed by atoms with Crippen LogP contribution in [0, 0.1) is 0 Å². The lowest BCUT2D eigenvalue weighted by atomic mass is 10.0. The molecule has 172 valence electrons. The molecule has 1 heterocycles. The number of hydrogen-bond acceptors (Lipinski definition) is 7. The van der Waals surface area contributed by atoms with Crippen molar-refractivity contribution in [3.8, 4) is 34.0 Å². The Morgan fingerprint density at radius 1 is 0.794 bits per heavy atom. The van der Waals surface area contributed by atoms with Gasteiger partial charge in [-0.3, -0.25) is 4.79 Å². The van der Waals surface area contributed by atoms with E-state index >= 15 is 0 Å². The number of amides is 1. The number of carbonyl (C=O) groups is 1. The molecule has 0 aliphatic carbocycles. The van der Waals surface area contributed by atoms with Gasteiger partial charge in [0.15, 0.2) is 0 Å². The Balaban J connectivity index is 1.64. The molecular weight excluding hydrogens is 448 g/mol. The van der Waals surface area contributed by atoms with Crippen molar-refractivity contribution in [1.82, 2.24) is 15.2 Å². The maximum absolute atomic E-state index is 12.7. The number of nitrogens with zero attached hydrogens (tertiary/aromatic N) is 3. The fourth-order valence-electron chi connectivity index (χ4n) is 3.23. The molecule has 4 rings (SSSR count). The predicted molar refractivity (Wildman–Crippen MR) is 134 cm³/mol. The molecule has 0 spiro atoms. The summed E-state index contributed by atoms with van der Waals surface area (Å²) in [6.07, 6.45) is 0. The van der Waals surface area contributed by atoms with Crippen LogP contribution in [0.4, 0.5) is 5.69 Å². The van der Waals surface area contributed by atoms with Crippen LogP contribution in [0.5, 0.6) is 11.5 Å². The summed E-state index contributed by atoms with van der Waals surface area (Å²) in [5.74, 6) is 1.36.